The average Bonchev–Trinajstić information content (AvgIpc) is 2.71. The summed E-state index contributed by atoms with van der Waals surface area (Å²) in [6, 6.07) is 13.1. The second kappa shape index (κ2) is 10.2. The van der Waals surface area contributed by atoms with Crippen LogP contribution < -0.4 is 4.90 Å². The van der Waals surface area contributed by atoms with E-state index in [1.807, 2.05) is 36.4 Å². The molecule has 0 N–H and O–H groups in total. The maximum atomic E-state index is 13.6. The van der Waals surface area contributed by atoms with Gasteiger partial charge in [-0.25, -0.2) is 0 Å². The molecule has 1 amide bonds. The van der Waals surface area contributed by atoms with Gasteiger partial charge in [-0.15, -0.1) is 0 Å². The Morgan fingerprint density at radius 2 is 1.88 bits per heavy atom. The normalized spacial score (nSPS) is 19.2. The van der Waals surface area contributed by atoms with Crippen molar-refractivity contribution in [3.8, 4) is 0 Å². The zero-order chi connectivity index (χ0) is 23.5. The first-order valence-corrected chi connectivity index (χ1v) is 11.5. The van der Waals surface area contributed by atoms with Gasteiger partial charge in [0, 0.05) is 28.2 Å². The molecule has 32 heavy (non-hydrogen) atoms. The van der Waals surface area contributed by atoms with E-state index in [1.165, 1.54) is 0 Å². The zero-order valence-electron chi connectivity index (χ0n) is 18.9. The molecular formula is C25H29Cl2NO4. The maximum Gasteiger partial charge on any atom is 0.308 e. The summed E-state index contributed by atoms with van der Waals surface area (Å²) in [5, 5.41) is 1.16. The number of amides is 1. The summed E-state index contributed by atoms with van der Waals surface area (Å²) in [4.78, 5) is 27.5. The van der Waals surface area contributed by atoms with E-state index in [9.17, 15) is 9.59 Å². The number of benzene rings is 2. The summed E-state index contributed by atoms with van der Waals surface area (Å²) in [6.45, 7) is 8.77. The predicted molar refractivity (Wildman–Crippen MR) is 128 cm³/mol. The number of halogens is 2. The van der Waals surface area contributed by atoms with Crippen LogP contribution in [-0.4, -0.2) is 37.7 Å². The molecule has 0 saturated carbocycles. The van der Waals surface area contributed by atoms with Gasteiger partial charge < -0.3 is 14.4 Å². The molecule has 3 rings (SSSR count). The number of hydrogen-bond acceptors (Lipinski definition) is 4. The predicted octanol–water partition coefficient (Wildman–Crippen LogP) is 5.86. The molecule has 172 valence electrons. The SMILES string of the molecule is CCOC(=O)CC1OCC(c2ccccc2Cl)c2cc(Cl)ccc2N(CC(C)(C)C)C1=O. The van der Waals surface area contributed by atoms with Gasteiger partial charge in [0.15, 0.2) is 0 Å². The lowest BCUT2D eigenvalue weighted by Gasteiger charge is -2.37. The van der Waals surface area contributed by atoms with Crippen molar-refractivity contribution in [2.24, 2.45) is 5.41 Å². The van der Waals surface area contributed by atoms with Gasteiger partial charge in [-0.3, -0.25) is 9.59 Å². The summed E-state index contributed by atoms with van der Waals surface area (Å²) in [5.41, 5.74) is 2.28. The maximum absolute atomic E-state index is 13.6. The molecule has 0 aliphatic carbocycles. The van der Waals surface area contributed by atoms with Crippen molar-refractivity contribution >= 4 is 40.8 Å². The highest BCUT2D eigenvalue weighted by molar-refractivity contribution is 6.31. The number of rotatable bonds is 5. The van der Waals surface area contributed by atoms with E-state index in [0.717, 1.165) is 16.8 Å². The summed E-state index contributed by atoms with van der Waals surface area (Å²) < 4.78 is 11.2. The molecule has 0 spiro atoms. The van der Waals surface area contributed by atoms with Gasteiger partial charge in [0.05, 0.1) is 19.6 Å². The second-order valence-corrected chi connectivity index (χ2v) is 9.94. The molecule has 0 saturated heterocycles. The fraction of sp³-hybridized carbons (Fsp3) is 0.440. The van der Waals surface area contributed by atoms with Crippen LogP contribution in [0.2, 0.25) is 10.0 Å². The Bertz CT molecular complexity index is 986. The Labute approximate surface area is 199 Å². The van der Waals surface area contributed by atoms with Gasteiger partial charge >= 0.3 is 5.97 Å². The molecule has 0 radical (unpaired) electrons. The lowest BCUT2D eigenvalue weighted by molar-refractivity contribution is -0.150. The highest BCUT2D eigenvalue weighted by Crippen LogP contribution is 2.40. The number of esters is 1. The van der Waals surface area contributed by atoms with Crippen LogP contribution in [-0.2, 0) is 19.1 Å². The molecular weight excluding hydrogens is 449 g/mol. The van der Waals surface area contributed by atoms with E-state index >= 15 is 0 Å². The number of ether oxygens (including phenoxy) is 2. The van der Waals surface area contributed by atoms with E-state index in [2.05, 4.69) is 20.8 Å². The van der Waals surface area contributed by atoms with Crippen molar-refractivity contribution in [2.75, 3.05) is 24.7 Å². The highest BCUT2D eigenvalue weighted by atomic mass is 35.5. The fourth-order valence-electron chi connectivity index (χ4n) is 3.89. The Morgan fingerprint density at radius 3 is 2.53 bits per heavy atom. The lowest BCUT2D eigenvalue weighted by Crippen LogP contribution is -2.47. The van der Waals surface area contributed by atoms with Crippen LogP contribution in [0, 0.1) is 5.41 Å². The Balaban J connectivity index is 2.15. The topological polar surface area (TPSA) is 55.8 Å². The van der Waals surface area contributed by atoms with Crippen LogP contribution in [0.3, 0.4) is 0 Å². The largest absolute Gasteiger partial charge is 0.466 e. The van der Waals surface area contributed by atoms with Gasteiger partial charge in [-0.2, -0.15) is 0 Å². The molecule has 1 aliphatic heterocycles. The number of carbonyl (C=O) groups excluding carboxylic acids is 2. The lowest BCUT2D eigenvalue weighted by atomic mass is 9.88. The monoisotopic (exact) mass is 477 g/mol. The minimum Gasteiger partial charge on any atom is -0.466 e. The van der Waals surface area contributed by atoms with E-state index < -0.39 is 12.1 Å². The van der Waals surface area contributed by atoms with E-state index in [0.29, 0.717) is 16.6 Å². The first kappa shape index (κ1) is 24.6. The Morgan fingerprint density at radius 1 is 1.16 bits per heavy atom. The van der Waals surface area contributed by atoms with E-state index in [4.69, 9.17) is 32.7 Å². The van der Waals surface area contributed by atoms with Gasteiger partial charge in [0.2, 0.25) is 0 Å². The number of fused-ring (bicyclic) bond motifs is 1. The summed E-state index contributed by atoms with van der Waals surface area (Å²) in [5.74, 6) is -1.00. The van der Waals surface area contributed by atoms with Crippen LogP contribution in [0.5, 0.6) is 0 Å². The molecule has 0 aromatic heterocycles. The van der Waals surface area contributed by atoms with E-state index in [1.54, 1.807) is 17.9 Å². The van der Waals surface area contributed by atoms with Crippen LogP contribution in [0.25, 0.3) is 0 Å². The minimum atomic E-state index is -0.954. The zero-order valence-corrected chi connectivity index (χ0v) is 20.4. The molecule has 0 fully saturated rings. The van der Waals surface area contributed by atoms with Gasteiger partial charge in [-0.1, -0.05) is 62.2 Å². The van der Waals surface area contributed by atoms with Crippen molar-refractivity contribution in [1.29, 1.82) is 0 Å². The smallest absolute Gasteiger partial charge is 0.308 e. The number of nitrogens with zero attached hydrogens (tertiary/aromatic N) is 1. The molecule has 2 aromatic rings. The Kier molecular flexibility index (Phi) is 7.86. The van der Waals surface area contributed by atoms with E-state index in [-0.39, 0.29) is 36.9 Å². The van der Waals surface area contributed by atoms with Crippen molar-refractivity contribution in [3.05, 3.63) is 63.6 Å². The molecule has 1 heterocycles. The first-order valence-electron chi connectivity index (χ1n) is 10.7. The summed E-state index contributed by atoms with van der Waals surface area (Å²) in [6.07, 6.45) is -1.10. The van der Waals surface area contributed by atoms with Crippen LogP contribution >= 0.6 is 23.2 Å². The average molecular weight is 478 g/mol. The van der Waals surface area contributed by atoms with Crippen LogP contribution in [0.1, 0.15) is 51.2 Å². The van der Waals surface area contributed by atoms with Crippen LogP contribution in [0.15, 0.2) is 42.5 Å². The quantitative estimate of drug-likeness (QED) is 0.506. The third kappa shape index (κ3) is 5.83. The van der Waals surface area contributed by atoms with Crippen molar-refractivity contribution in [2.45, 2.75) is 46.1 Å². The third-order valence-corrected chi connectivity index (χ3v) is 5.81. The molecule has 1 aliphatic rings. The van der Waals surface area contributed by atoms with Crippen LogP contribution in [0.4, 0.5) is 5.69 Å². The first-order chi connectivity index (χ1) is 15.1. The molecule has 2 unspecified atom stereocenters. The molecule has 2 aromatic carbocycles. The van der Waals surface area contributed by atoms with Gasteiger partial charge in [-0.05, 0) is 47.7 Å². The number of hydrogen-bond donors (Lipinski definition) is 0. The second-order valence-electron chi connectivity index (χ2n) is 9.09. The molecule has 7 heteroatoms. The Hall–Kier alpha value is -2.08. The van der Waals surface area contributed by atoms with Crippen molar-refractivity contribution in [3.63, 3.8) is 0 Å². The standard InChI is InChI=1S/C25H29Cl2NO4/c1-5-31-23(29)13-22-24(30)28(15-25(2,3)4)21-11-10-16(26)12-18(21)19(14-32-22)17-8-6-7-9-20(17)27/h6-12,19,22H,5,13-15H2,1-4H3. The molecule has 5 nitrogen and oxygen atoms in total. The third-order valence-electron chi connectivity index (χ3n) is 5.23. The summed E-state index contributed by atoms with van der Waals surface area (Å²) >= 11 is 12.9. The minimum absolute atomic E-state index is 0.147. The van der Waals surface area contributed by atoms with Gasteiger partial charge in [0.1, 0.15) is 6.10 Å². The number of anilines is 1. The molecule has 2 atom stereocenters. The summed E-state index contributed by atoms with van der Waals surface area (Å²) in [7, 11) is 0. The molecule has 0 bridgehead atoms. The number of carbonyl (C=O) groups is 2. The highest BCUT2D eigenvalue weighted by Gasteiger charge is 2.37. The van der Waals surface area contributed by atoms with Gasteiger partial charge in [0.25, 0.3) is 5.91 Å². The van der Waals surface area contributed by atoms with Crippen molar-refractivity contribution in [1.82, 2.24) is 0 Å². The fourth-order valence-corrected chi connectivity index (χ4v) is 4.33. The van der Waals surface area contributed by atoms with Crippen molar-refractivity contribution < 1.29 is 19.1 Å².